The lowest BCUT2D eigenvalue weighted by Gasteiger charge is -2.04. The van der Waals surface area contributed by atoms with Crippen LogP contribution in [-0.4, -0.2) is 26.1 Å². The summed E-state index contributed by atoms with van der Waals surface area (Å²) in [5.41, 5.74) is 2.07. The predicted octanol–water partition coefficient (Wildman–Crippen LogP) is 2.96. The summed E-state index contributed by atoms with van der Waals surface area (Å²) in [6.45, 7) is 0. The number of amides is 1. The zero-order chi connectivity index (χ0) is 17.6. The van der Waals surface area contributed by atoms with Crippen LogP contribution in [0.4, 0.5) is 5.95 Å². The number of nitriles is 1. The Morgan fingerprint density at radius 3 is 2.80 bits per heavy atom. The molecule has 2 heterocycles. The van der Waals surface area contributed by atoms with Crippen LogP contribution in [0.1, 0.15) is 17.5 Å². The maximum atomic E-state index is 12.1. The molecule has 0 spiro atoms. The van der Waals surface area contributed by atoms with Crippen LogP contribution in [0.2, 0.25) is 5.02 Å². The molecule has 3 rings (SSSR count). The van der Waals surface area contributed by atoms with Crippen molar-refractivity contribution in [2.24, 2.45) is 0 Å². The first-order chi connectivity index (χ1) is 12.2. The van der Waals surface area contributed by atoms with E-state index >= 15 is 0 Å². The fraction of sp³-hybridized carbons (Fsp3) is 0.118. The molecular weight excluding hydrogens is 340 g/mol. The van der Waals surface area contributed by atoms with Gasteiger partial charge in [0.25, 0.3) is 0 Å². The highest BCUT2D eigenvalue weighted by atomic mass is 35.5. The number of carbonyl (C=O) groups is 1. The lowest BCUT2D eigenvalue weighted by Crippen LogP contribution is -2.13. The van der Waals surface area contributed by atoms with Gasteiger partial charge in [-0.15, -0.1) is 10.2 Å². The number of hydrogen-bond donors (Lipinski definition) is 2. The minimum absolute atomic E-state index is 0.210. The Bertz CT molecular complexity index is 932. The molecule has 1 amide bonds. The van der Waals surface area contributed by atoms with Gasteiger partial charge >= 0.3 is 0 Å². The molecule has 0 saturated heterocycles. The molecule has 0 unspecified atom stereocenters. The second kappa shape index (κ2) is 7.55. The van der Waals surface area contributed by atoms with Gasteiger partial charge in [-0.2, -0.15) is 5.26 Å². The molecule has 0 atom stereocenters. The summed E-state index contributed by atoms with van der Waals surface area (Å²) in [6, 6.07) is 10.7. The van der Waals surface area contributed by atoms with Gasteiger partial charge in [-0.05, 0) is 36.2 Å². The number of nitrogens with zero attached hydrogens (tertiary/aromatic N) is 4. The van der Waals surface area contributed by atoms with Gasteiger partial charge in [0.2, 0.25) is 11.9 Å². The molecule has 0 radical (unpaired) electrons. The van der Waals surface area contributed by atoms with Gasteiger partial charge in [-0.25, -0.2) is 0 Å². The Balaban J connectivity index is 1.60. The number of aryl methyl sites for hydroxylation is 1. The molecular formula is C17H13ClN6O. The quantitative estimate of drug-likeness (QED) is 0.734. The number of rotatable bonds is 5. The summed E-state index contributed by atoms with van der Waals surface area (Å²) >= 11 is 5.86. The lowest BCUT2D eigenvalue weighted by atomic mass is 10.0. The Kier molecular flexibility index (Phi) is 5.02. The third kappa shape index (κ3) is 4.19. The average molecular weight is 353 g/mol. The summed E-state index contributed by atoms with van der Waals surface area (Å²) in [5, 5.41) is 20.2. The number of halogens is 1. The number of benzene rings is 1. The van der Waals surface area contributed by atoms with Crippen molar-refractivity contribution >= 4 is 23.5 Å². The maximum absolute atomic E-state index is 12.1. The van der Waals surface area contributed by atoms with Crippen molar-refractivity contribution in [2.75, 3.05) is 5.32 Å². The van der Waals surface area contributed by atoms with Gasteiger partial charge in [0.1, 0.15) is 0 Å². The average Bonchev–Trinajstić information content (AvgIpc) is 3.09. The molecule has 3 aromatic rings. The summed E-state index contributed by atoms with van der Waals surface area (Å²) in [7, 11) is 0. The van der Waals surface area contributed by atoms with E-state index in [0.29, 0.717) is 22.8 Å². The number of carbonyl (C=O) groups excluding carboxylic acids is 1. The molecule has 1 aromatic carbocycles. The van der Waals surface area contributed by atoms with Gasteiger partial charge < -0.3 is 4.98 Å². The van der Waals surface area contributed by atoms with E-state index in [1.54, 1.807) is 42.7 Å². The van der Waals surface area contributed by atoms with E-state index in [1.165, 1.54) is 0 Å². The minimum Gasteiger partial charge on any atom is -0.307 e. The van der Waals surface area contributed by atoms with Gasteiger partial charge in [0, 0.05) is 29.4 Å². The Morgan fingerprint density at radius 1 is 1.24 bits per heavy atom. The van der Waals surface area contributed by atoms with E-state index < -0.39 is 0 Å². The van der Waals surface area contributed by atoms with Crippen molar-refractivity contribution < 1.29 is 4.79 Å². The molecule has 0 aliphatic carbocycles. The molecule has 0 aliphatic heterocycles. The van der Waals surface area contributed by atoms with Gasteiger partial charge in [-0.3, -0.25) is 15.1 Å². The molecule has 7 nitrogen and oxygen atoms in total. The number of aromatic nitrogens is 4. The maximum Gasteiger partial charge on any atom is 0.228 e. The largest absolute Gasteiger partial charge is 0.307 e. The van der Waals surface area contributed by atoms with Crippen LogP contribution in [0.15, 0.2) is 42.7 Å². The zero-order valence-electron chi connectivity index (χ0n) is 13.0. The van der Waals surface area contributed by atoms with E-state index in [2.05, 4.69) is 31.6 Å². The first kappa shape index (κ1) is 16.6. The SMILES string of the molecule is N#Cc1cc(Cl)ccc1CCC(=O)Nc1nnc(-c2ccncc2)[nH]1. The van der Waals surface area contributed by atoms with Crippen LogP contribution in [0, 0.1) is 11.3 Å². The number of pyridine rings is 1. The smallest absolute Gasteiger partial charge is 0.228 e. The zero-order valence-corrected chi connectivity index (χ0v) is 13.8. The summed E-state index contributed by atoms with van der Waals surface area (Å²) in [4.78, 5) is 19.0. The molecule has 0 saturated carbocycles. The van der Waals surface area contributed by atoms with Crippen LogP contribution in [0.25, 0.3) is 11.4 Å². The summed E-state index contributed by atoms with van der Waals surface area (Å²) in [5.74, 6) is 0.590. The first-order valence-electron chi connectivity index (χ1n) is 7.47. The van der Waals surface area contributed by atoms with E-state index in [-0.39, 0.29) is 18.3 Å². The number of aromatic amines is 1. The molecule has 0 aliphatic rings. The van der Waals surface area contributed by atoms with Crippen LogP contribution in [0.3, 0.4) is 0 Å². The monoisotopic (exact) mass is 352 g/mol. The van der Waals surface area contributed by atoms with Crippen LogP contribution in [0.5, 0.6) is 0 Å². The molecule has 2 N–H and O–H groups in total. The van der Waals surface area contributed by atoms with Gasteiger partial charge in [0.05, 0.1) is 11.6 Å². The Hall–Kier alpha value is -3.24. The van der Waals surface area contributed by atoms with E-state index in [0.717, 1.165) is 11.1 Å². The third-order valence-electron chi connectivity index (χ3n) is 3.51. The predicted molar refractivity (Wildman–Crippen MR) is 92.7 cm³/mol. The lowest BCUT2D eigenvalue weighted by molar-refractivity contribution is -0.116. The topological polar surface area (TPSA) is 107 Å². The van der Waals surface area contributed by atoms with E-state index in [1.807, 2.05) is 0 Å². The summed E-state index contributed by atoms with van der Waals surface area (Å²) in [6.07, 6.45) is 3.93. The number of anilines is 1. The van der Waals surface area contributed by atoms with Crippen molar-refractivity contribution in [2.45, 2.75) is 12.8 Å². The standard InChI is InChI=1S/C17H13ClN6O/c18-14-3-1-11(13(9-14)10-19)2-4-15(25)21-17-22-16(23-24-17)12-5-7-20-8-6-12/h1,3,5-9H,2,4H2,(H2,21,22,23,24,25). The fourth-order valence-electron chi connectivity index (χ4n) is 2.27. The van der Waals surface area contributed by atoms with Crippen molar-refractivity contribution in [3.8, 4) is 17.5 Å². The molecule has 124 valence electrons. The number of H-pyrrole nitrogens is 1. The number of hydrogen-bond acceptors (Lipinski definition) is 5. The molecule has 8 heteroatoms. The fourth-order valence-corrected chi connectivity index (χ4v) is 2.44. The molecule has 0 bridgehead atoms. The van der Waals surface area contributed by atoms with Crippen molar-refractivity contribution in [3.63, 3.8) is 0 Å². The highest BCUT2D eigenvalue weighted by molar-refractivity contribution is 6.30. The highest BCUT2D eigenvalue weighted by Gasteiger charge is 2.10. The van der Waals surface area contributed by atoms with Crippen molar-refractivity contribution in [1.82, 2.24) is 20.2 Å². The Morgan fingerprint density at radius 2 is 2.04 bits per heavy atom. The van der Waals surface area contributed by atoms with Gasteiger partial charge in [-0.1, -0.05) is 17.7 Å². The van der Waals surface area contributed by atoms with Gasteiger partial charge in [0.15, 0.2) is 5.82 Å². The van der Waals surface area contributed by atoms with E-state index in [4.69, 9.17) is 16.9 Å². The minimum atomic E-state index is -0.226. The van der Waals surface area contributed by atoms with Crippen LogP contribution >= 0.6 is 11.6 Å². The van der Waals surface area contributed by atoms with E-state index in [9.17, 15) is 4.79 Å². The first-order valence-corrected chi connectivity index (χ1v) is 7.85. The second-order valence-corrected chi connectivity index (χ2v) is 5.66. The number of nitrogens with one attached hydrogen (secondary N) is 2. The third-order valence-corrected chi connectivity index (χ3v) is 3.75. The summed E-state index contributed by atoms with van der Waals surface area (Å²) < 4.78 is 0. The van der Waals surface area contributed by atoms with Crippen molar-refractivity contribution in [3.05, 3.63) is 58.9 Å². The Labute approximate surface area is 148 Å². The second-order valence-electron chi connectivity index (χ2n) is 5.22. The molecule has 0 fully saturated rings. The van der Waals surface area contributed by atoms with Crippen molar-refractivity contribution in [1.29, 1.82) is 5.26 Å². The molecule has 2 aromatic heterocycles. The highest BCUT2D eigenvalue weighted by Crippen LogP contribution is 2.17. The van der Waals surface area contributed by atoms with Crippen LogP contribution in [-0.2, 0) is 11.2 Å². The van der Waals surface area contributed by atoms with Crippen LogP contribution < -0.4 is 5.32 Å². The normalized spacial score (nSPS) is 10.2. The molecule has 25 heavy (non-hydrogen) atoms.